The first-order valence-electron chi connectivity index (χ1n) is 11.9. The maximum Gasteiger partial charge on any atom is 0.262 e. The normalized spacial score (nSPS) is 14.9. The zero-order chi connectivity index (χ0) is 24.1. The van der Waals surface area contributed by atoms with Gasteiger partial charge in [-0.05, 0) is 43.9 Å². The standard InChI is InChI=1S/C26H25ClN6O2/c1-3-33-23(8-15(2)31-33)32(26(34)18-10-28-25(29-11-18)17-5-6-17)12-16-4-7-19-20-13-35-14-21(20)24(27)30-22(19)9-16/h4,7-11,17H,3,5-6,12-14H2,1-2H3. The molecule has 4 heterocycles. The molecule has 4 aromatic rings. The summed E-state index contributed by atoms with van der Waals surface area (Å²) in [5, 5.41) is 6.07. The molecule has 35 heavy (non-hydrogen) atoms. The number of halogens is 1. The third-order valence-electron chi connectivity index (χ3n) is 6.62. The van der Waals surface area contributed by atoms with Crippen molar-refractivity contribution in [3.8, 4) is 0 Å². The lowest BCUT2D eigenvalue weighted by Crippen LogP contribution is -2.32. The number of hydrogen-bond donors (Lipinski definition) is 0. The summed E-state index contributed by atoms with van der Waals surface area (Å²) in [6.45, 7) is 5.95. The fraction of sp³-hybridized carbons (Fsp3) is 0.346. The summed E-state index contributed by atoms with van der Waals surface area (Å²) in [4.78, 5) is 29.0. The largest absolute Gasteiger partial charge is 0.372 e. The van der Waals surface area contributed by atoms with E-state index in [0.29, 0.717) is 42.9 Å². The van der Waals surface area contributed by atoms with Gasteiger partial charge in [-0.15, -0.1) is 0 Å². The van der Waals surface area contributed by atoms with Gasteiger partial charge in [-0.1, -0.05) is 23.7 Å². The highest BCUT2D eigenvalue weighted by atomic mass is 35.5. The fourth-order valence-corrected chi connectivity index (χ4v) is 4.89. The summed E-state index contributed by atoms with van der Waals surface area (Å²) in [7, 11) is 0. The Hall–Kier alpha value is -3.36. The molecule has 0 atom stereocenters. The zero-order valence-electron chi connectivity index (χ0n) is 19.7. The fourth-order valence-electron chi connectivity index (χ4n) is 4.63. The van der Waals surface area contributed by atoms with E-state index in [2.05, 4.69) is 20.1 Å². The van der Waals surface area contributed by atoms with E-state index in [0.717, 1.165) is 57.8 Å². The van der Waals surface area contributed by atoms with Crippen molar-refractivity contribution in [3.05, 3.63) is 75.6 Å². The van der Waals surface area contributed by atoms with E-state index in [1.54, 1.807) is 17.3 Å². The van der Waals surface area contributed by atoms with E-state index in [-0.39, 0.29) is 5.91 Å². The summed E-state index contributed by atoms with van der Waals surface area (Å²) in [6, 6.07) is 8.00. The van der Waals surface area contributed by atoms with Gasteiger partial charge < -0.3 is 4.74 Å². The van der Waals surface area contributed by atoms with Crippen LogP contribution < -0.4 is 4.90 Å². The van der Waals surface area contributed by atoms with E-state index in [4.69, 9.17) is 16.3 Å². The van der Waals surface area contributed by atoms with E-state index in [1.165, 1.54) is 0 Å². The summed E-state index contributed by atoms with van der Waals surface area (Å²) < 4.78 is 7.43. The minimum absolute atomic E-state index is 0.171. The highest BCUT2D eigenvalue weighted by Gasteiger charge is 2.28. The molecule has 1 saturated carbocycles. The monoisotopic (exact) mass is 488 g/mol. The molecule has 0 radical (unpaired) electrons. The molecule has 178 valence electrons. The molecule has 9 heteroatoms. The number of nitrogens with zero attached hydrogens (tertiary/aromatic N) is 6. The summed E-state index contributed by atoms with van der Waals surface area (Å²) in [5.41, 5.74) is 5.08. The number of carbonyl (C=O) groups excluding carboxylic acids is 1. The molecule has 1 aromatic carbocycles. The van der Waals surface area contributed by atoms with Crippen LogP contribution in [0.1, 0.15) is 64.2 Å². The molecule has 1 fully saturated rings. The number of benzene rings is 1. The van der Waals surface area contributed by atoms with Crippen LogP contribution in [0.5, 0.6) is 0 Å². The van der Waals surface area contributed by atoms with Crippen molar-refractivity contribution in [2.75, 3.05) is 4.90 Å². The van der Waals surface area contributed by atoms with Gasteiger partial charge in [0.25, 0.3) is 5.91 Å². The van der Waals surface area contributed by atoms with Crippen molar-refractivity contribution in [1.29, 1.82) is 0 Å². The van der Waals surface area contributed by atoms with Gasteiger partial charge in [0, 0.05) is 41.9 Å². The van der Waals surface area contributed by atoms with Crippen LogP contribution in [0.3, 0.4) is 0 Å². The van der Waals surface area contributed by atoms with Crippen LogP contribution in [-0.4, -0.2) is 30.6 Å². The SMILES string of the molecule is CCn1nc(C)cc1N(Cc1ccc2c3c(c(Cl)nc2c1)COC3)C(=O)c1cnc(C2CC2)nc1. The molecule has 0 spiro atoms. The molecule has 0 unspecified atom stereocenters. The molecule has 0 N–H and O–H groups in total. The van der Waals surface area contributed by atoms with Gasteiger partial charge >= 0.3 is 0 Å². The quantitative estimate of drug-likeness (QED) is 0.357. The number of hydrogen-bond acceptors (Lipinski definition) is 6. The number of anilines is 1. The Labute approximate surface area is 207 Å². The third kappa shape index (κ3) is 4.06. The molecular formula is C26H25ClN6O2. The Morgan fingerprint density at radius 3 is 2.69 bits per heavy atom. The lowest BCUT2D eigenvalue weighted by molar-refractivity contribution is 0.0982. The zero-order valence-corrected chi connectivity index (χ0v) is 20.4. The summed E-state index contributed by atoms with van der Waals surface area (Å²) in [6.07, 6.45) is 5.51. The van der Waals surface area contributed by atoms with Crippen molar-refractivity contribution in [2.24, 2.45) is 0 Å². The molecule has 1 aliphatic carbocycles. The van der Waals surface area contributed by atoms with Crippen molar-refractivity contribution < 1.29 is 9.53 Å². The van der Waals surface area contributed by atoms with E-state index in [9.17, 15) is 4.79 Å². The molecule has 1 aliphatic heterocycles. The Balaban J connectivity index is 1.38. The summed E-state index contributed by atoms with van der Waals surface area (Å²) in [5.74, 6) is 1.81. The number of rotatable bonds is 6. The van der Waals surface area contributed by atoms with E-state index >= 15 is 0 Å². The average molecular weight is 489 g/mol. The van der Waals surface area contributed by atoms with Crippen LogP contribution in [0.25, 0.3) is 10.9 Å². The minimum atomic E-state index is -0.171. The number of amides is 1. The number of carbonyl (C=O) groups is 1. The number of ether oxygens (including phenoxy) is 1. The third-order valence-corrected chi connectivity index (χ3v) is 6.93. The van der Waals surface area contributed by atoms with Gasteiger partial charge in [-0.25, -0.2) is 19.6 Å². The molecular weight excluding hydrogens is 464 g/mol. The predicted octanol–water partition coefficient (Wildman–Crippen LogP) is 4.96. The molecule has 0 bridgehead atoms. The van der Waals surface area contributed by atoms with E-state index < -0.39 is 0 Å². The highest BCUT2D eigenvalue weighted by Crippen LogP contribution is 2.37. The van der Waals surface area contributed by atoms with Crippen LogP contribution in [0.15, 0.2) is 36.7 Å². The van der Waals surface area contributed by atoms with Gasteiger partial charge in [0.15, 0.2) is 0 Å². The second kappa shape index (κ2) is 8.70. The topological polar surface area (TPSA) is 86.0 Å². The molecule has 6 rings (SSSR count). The maximum absolute atomic E-state index is 13.7. The van der Waals surface area contributed by atoms with Crippen LogP contribution in [0.2, 0.25) is 5.15 Å². The first-order chi connectivity index (χ1) is 17.0. The van der Waals surface area contributed by atoms with Crippen LogP contribution in [0, 0.1) is 6.92 Å². The lowest BCUT2D eigenvalue weighted by Gasteiger charge is -2.23. The van der Waals surface area contributed by atoms with Crippen LogP contribution in [0.4, 0.5) is 5.82 Å². The molecule has 2 aliphatic rings. The number of aryl methyl sites for hydroxylation is 2. The van der Waals surface area contributed by atoms with Gasteiger partial charge in [0.05, 0.1) is 36.5 Å². The first kappa shape index (κ1) is 22.1. The van der Waals surface area contributed by atoms with Gasteiger partial charge in [-0.3, -0.25) is 9.69 Å². The Morgan fingerprint density at radius 2 is 1.94 bits per heavy atom. The van der Waals surface area contributed by atoms with Crippen molar-refractivity contribution in [2.45, 2.75) is 58.9 Å². The molecule has 0 saturated heterocycles. The lowest BCUT2D eigenvalue weighted by atomic mass is 10.0. The molecule has 3 aromatic heterocycles. The Kier molecular flexibility index (Phi) is 5.50. The van der Waals surface area contributed by atoms with Gasteiger partial charge in [0.2, 0.25) is 0 Å². The average Bonchev–Trinajstić information content (AvgIpc) is 3.47. The van der Waals surface area contributed by atoms with Crippen molar-refractivity contribution >= 4 is 34.2 Å². The predicted molar refractivity (Wildman–Crippen MR) is 132 cm³/mol. The molecule has 8 nitrogen and oxygen atoms in total. The van der Waals surface area contributed by atoms with Crippen molar-refractivity contribution in [3.63, 3.8) is 0 Å². The number of fused-ring (bicyclic) bond motifs is 3. The highest BCUT2D eigenvalue weighted by molar-refractivity contribution is 6.30. The van der Waals surface area contributed by atoms with Crippen LogP contribution >= 0.6 is 11.6 Å². The van der Waals surface area contributed by atoms with Crippen LogP contribution in [-0.2, 0) is 31.0 Å². The second-order valence-electron chi connectivity index (χ2n) is 9.16. The van der Waals surface area contributed by atoms with Gasteiger partial charge in [-0.2, -0.15) is 5.10 Å². The number of pyridine rings is 1. The molecule has 1 amide bonds. The Morgan fingerprint density at radius 1 is 1.17 bits per heavy atom. The summed E-state index contributed by atoms with van der Waals surface area (Å²) >= 11 is 6.43. The first-order valence-corrected chi connectivity index (χ1v) is 12.3. The maximum atomic E-state index is 13.7. The minimum Gasteiger partial charge on any atom is -0.372 e. The second-order valence-corrected chi connectivity index (χ2v) is 9.52. The Bertz CT molecular complexity index is 1440. The smallest absolute Gasteiger partial charge is 0.262 e. The number of aromatic nitrogens is 5. The van der Waals surface area contributed by atoms with Crippen molar-refractivity contribution in [1.82, 2.24) is 24.7 Å². The van der Waals surface area contributed by atoms with E-state index in [1.807, 2.05) is 42.8 Å². The van der Waals surface area contributed by atoms with Gasteiger partial charge in [0.1, 0.15) is 16.8 Å².